The smallest absolute Gasteiger partial charge is 0.472 e. The summed E-state index contributed by atoms with van der Waals surface area (Å²) in [5, 5.41) is 24.5. The zero-order valence-electron chi connectivity index (χ0n) is 23.6. The molecule has 0 aliphatic carbocycles. The molecule has 1 unspecified atom stereocenters. The number of rotatable bonds is 11. The molecule has 2 aromatic carbocycles. The van der Waals surface area contributed by atoms with Gasteiger partial charge in [-0.3, -0.25) is 14.2 Å². The number of carboxylic acid groups (broad SMARTS) is 1. The number of aromatic nitrogens is 3. The molecule has 220 valence electrons. The van der Waals surface area contributed by atoms with Crippen molar-refractivity contribution < 1.29 is 28.3 Å². The average Bonchev–Trinajstić information content (AvgIpc) is 3.49. The van der Waals surface area contributed by atoms with Crippen molar-refractivity contribution in [3.8, 4) is 23.5 Å². The van der Waals surface area contributed by atoms with Crippen LogP contribution in [-0.2, 0) is 16.9 Å². The van der Waals surface area contributed by atoms with E-state index in [0.29, 0.717) is 35.4 Å². The van der Waals surface area contributed by atoms with E-state index in [0.717, 1.165) is 0 Å². The van der Waals surface area contributed by atoms with E-state index in [1.165, 1.54) is 54.0 Å². The summed E-state index contributed by atoms with van der Waals surface area (Å²) in [6, 6.07) is 11.5. The molecule has 0 bridgehead atoms. The number of allylic oxidation sites excluding steroid dienone is 3. The minimum Gasteiger partial charge on any atom is -0.481 e. The highest BCUT2D eigenvalue weighted by molar-refractivity contribution is 5.83. The standard InChI is InChI=1S/C32H28F2N4O5/c1-5-8-24(30(34)19(2)3)32(42,35-4)27-18-25(37-43-27)20-11-16-23-26(17-20)36-28(9-6-7-10-29(39)40)38(31(23)41)22-14-12-21(33)13-15-22/h4-5,8,11-18,42H,2,6-7,9-10H2,1,3H3/p+1. The van der Waals surface area contributed by atoms with Gasteiger partial charge < -0.3 is 14.7 Å². The molecule has 2 heterocycles. The van der Waals surface area contributed by atoms with Crippen molar-refractivity contribution in [1.82, 2.24) is 14.7 Å². The number of nitrogens with zero attached hydrogens (tertiary/aromatic N) is 4. The highest BCUT2D eigenvalue weighted by Crippen LogP contribution is 2.38. The van der Waals surface area contributed by atoms with Gasteiger partial charge >= 0.3 is 11.7 Å². The van der Waals surface area contributed by atoms with Crippen molar-refractivity contribution in [2.75, 3.05) is 0 Å². The number of hydrogen-bond donors (Lipinski definition) is 2. The third kappa shape index (κ3) is 6.34. The van der Waals surface area contributed by atoms with E-state index in [2.05, 4.69) is 16.6 Å². The Hall–Kier alpha value is -5.21. The number of halogens is 2. The summed E-state index contributed by atoms with van der Waals surface area (Å²) in [4.78, 5) is 32.8. The molecule has 0 saturated heterocycles. The molecule has 11 heteroatoms. The van der Waals surface area contributed by atoms with E-state index in [1.54, 1.807) is 25.1 Å². The molecule has 4 rings (SSSR count). The fourth-order valence-corrected chi connectivity index (χ4v) is 4.55. The van der Waals surface area contributed by atoms with Gasteiger partial charge in [-0.05, 0) is 79.6 Å². The Bertz CT molecular complexity index is 1870. The Morgan fingerprint density at radius 1 is 1.21 bits per heavy atom. The van der Waals surface area contributed by atoms with E-state index in [-0.39, 0.29) is 40.8 Å². The zero-order chi connectivity index (χ0) is 31.3. The first-order valence-electron chi connectivity index (χ1n) is 13.3. The van der Waals surface area contributed by atoms with E-state index >= 15 is 0 Å². The van der Waals surface area contributed by atoms with Crippen molar-refractivity contribution in [2.45, 2.75) is 45.3 Å². The maximum absolute atomic E-state index is 15.0. The second-order valence-electron chi connectivity index (χ2n) is 9.86. The lowest BCUT2D eigenvalue weighted by Crippen LogP contribution is -2.24. The Morgan fingerprint density at radius 2 is 1.93 bits per heavy atom. The highest BCUT2D eigenvalue weighted by atomic mass is 19.1. The maximum Gasteiger partial charge on any atom is 0.472 e. The van der Waals surface area contributed by atoms with Crippen molar-refractivity contribution in [3.63, 3.8) is 0 Å². The zero-order valence-corrected chi connectivity index (χ0v) is 23.6. The molecule has 9 nitrogen and oxygen atoms in total. The molecule has 0 fully saturated rings. The van der Waals surface area contributed by atoms with Crippen LogP contribution < -0.4 is 5.56 Å². The molecule has 0 aliphatic heterocycles. The largest absolute Gasteiger partial charge is 0.481 e. The number of carboxylic acids is 1. The van der Waals surface area contributed by atoms with Crippen LogP contribution >= 0.6 is 0 Å². The summed E-state index contributed by atoms with van der Waals surface area (Å²) in [7, 11) is 0. The lowest BCUT2D eigenvalue weighted by Gasteiger charge is -2.14. The van der Waals surface area contributed by atoms with E-state index in [4.69, 9.17) is 21.2 Å². The number of benzene rings is 2. The molecule has 2 aromatic heterocycles. The molecule has 0 amide bonds. The number of unbranched alkanes of at least 4 members (excludes halogenated alkanes) is 1. The molecule has 4 aromatic rings. The molecular weight excluding hydrogens is 558 g/mol. The molecule has 0 radical (unpaired) electrons. The lowest BCUT2D eigenvalue weighted by molar-refractivity contribution is -0.137. The van der Waals surface area contributed by atoms with Gasteiger partial charge in [-0.25, -0.2) is 13.8 Å². The lowest BCUT2D eigenvalue weighted by atomic mass is 9.96. The Labute approximate surface area is 245 Å². The monoisotopic (exact) mass is 587 g/mol. The normalized spacial score (nSPS) is 13.5. The Kier molecular flexibility index (Phi) is 9.12. The van der Waals surface area contributed by atoms with E-state index < -0.39 is 28.9 Å². The number of hydrogen-bond acceptors (Lipinski definition) is 6. The number of aryl methyl sites for hydroxylation is 1. The Balaban J connectivity index is 1.81. The van der Waals surface area contributed by atoms with Crippen LogP contribution in [0.25, 0.3) is 32.7 Å². The molecule has 1 atom stereocenters. The van der Waals surface area contributed by atoms with Gasteiger partial charge in [0.2, 0.25) is 0 Å². The van der Waals surface area contributed by atoms with Crippen LogP contribution in [0.4, 0.5) is 8.78 Å². The van der Waals surface area contributed by atoms with Gasteiger partial charge in [0.05, 0.1) is 16.6 Å². The molecule has 43 heavy (non-hydrogen) atoms. The predicted molar refractivity (Wildman–Crippen MR) is 158 cm³/mol. The van der Waals surface area contributed by atoms with Crippen LogP contribution in [0.1, 0.15) is 44.7 Å². The topological polar surface area (TPSA) is 123 Å². The number of aliphatic hydroxyl groups is 1. The van der Waals surface area contributed by atoms with E-state index in [1.807, 2.05) is 0 Å². The number of carbonyl (C=O) groups is 1. The third-order valence-corrected chi connectivity index (χ3v) is 6.72. The fraction of sp³-hybridized carbons (Fsp3) is 0.219. The van der Waals surface area contributed by atoms with Crippen LogP contribution in [-0.4, -0.2) is 30.9 Å². The first kappa shape index (κ1) is 30.7. The van der Waals surface area contributed by atoms with Gasteiger partial charge in [0.15, 0.2) is 0 Å². The van der Waals surface area contributed by atoms with Crippen molar-refractivity contribution >= 4 is 16.9 Å². The van der Waals surface area contributed by atoms with Crippen molar-refractivity contribution in [1.29, 1.82) is 0 Å². The van der Waals surface area contributed by atoms with Gasteiger partial charge in [0, 0.05) is 24.5 Å². The quantitative estimate of drug-likeness (QED) is 0.152. The van der Waals surface area contributed by atoms with Crippen LogP contribution in [0.5, 0.6) is 0 Å². The average molecular weight is 588 g/mol. The first-order valence-corrected chi connectivity index (χ1v) is 13.3. The van der Waals surface area contributed by atoms with Crippen molar-refractivity contribution in [3.05, 3.63) is 117 Å². The van der Waals surface area contributed by atoms with Crippen LogP contribution in [0.15, 0.2) is 93.6 Å². The third-order valence-electron chi connectivity index (χ3n) is 6.72. The van der Waals surface area contributed by atoms with Crippen molar-refractivity contribution in [2.24, 2.45) is 0 Å². The van der Waals surface area contributed by atoms with E-state index in [9.17, 15) is 23.5 Å². The maximum atomic E-state index is 15.0. The minimum atomic E-state index is -2.41. The summed E-state index contributed by atoms with van der Waals surface area (Å²) in [5.74, 6) is -2.11. The van der Waals surface area contributed by atoms with Crippen LogP contribution in [0.2, 0.25) is 0 Å². The number of fused-ring (bicyclic) bond motifs is 1. The SMILES string of the molecule is C#[N+]C(O)(C(C=CC)=C(F)C(=C)C)c1cc(-c2ccc3c(=O)n(-c4ccc(F)cc4)c(CCCCC(=O)O)nc3c2)no1. The second kappa shape index (κ2) is 12.8. The van der Waals surface area contributed by atoms with Gasteiger partial charge in [-0.2, -0.15) is 0 Å². The van der Waals surface area contributed by atoms with Gasteiger partial charge in [0.1, 0.15) is 28.7 Å². The predicted octanol–water partition coefficient (Wildman–Crippen LogP) is 6.46. The highest BCUT2D eigenvalue weighted by Gasteiger charge is 2.50. The van der Waals surface area contributed by atoms with Gasteiger partial charge in [-0.15, -0.1) is 0 Å². The second-order valence-corrected chi connectivity index (χ2v) is 9.86. The van der Waals surface area contributed by atoms with Crippen LogP contribution in [0, 0.1) is 12.4 Å². The molecular formula is C32H29F2N4O5+. The molecule has 0 spiro atoms. The molecule has 0 saturated carbocycles. The molecule has 0 aliphatic rings. The fourth-order valence-electron chi connectivity index (χ4n) is 4.55. The Morgan fingerprint density at radius 3 is 2.56 bits per heavy atom. The minimum absolute atomic E-state index is 0.0321. The summed E-state index contributed by atoms with van der Waals surface area (Å²) in [6.45, 7) is 12.1. The first-order chi connectivity index (χ1) is 20.5. The van der Waals surface area contributed by atoms with Crippen LogP contribution in [0.3, 0.4) is 0 Å². The van der Waals surface area contributed by atoms with Gasteiger partial charge in [-0.1, -0.05) is 23.9 Å². The summed E-state index contributed by atoms with van der Waals surface area (Å²) in [5.41, 5.74) is -1.64. The van der Waals surface area contributed by atoms with Gasteiger partial charge in [0.25, 0.3) is 17.9 Å². The number of aliphatic carboxylic acids is 1. The summed E-state index contributed by atoms with van der Waals surface area (Å²) >= 11 is 0. The summed E-state index contributed by atoms with van der Waals surface area (Å²) in [6.07, 6.45) is 3.87. The molecule has 2 N–H and O–H groups in total. The summed E-state index contributed by atoms with van der Waals surface area (Å²) < 4.78 is 35.3.